The third kappa shape index (κ3) is 6.25. The Morgan fingerprint density at radius 1 is 0.674 bits per heavy atom. The Morgan fingerprint density at radius 3 is 1.77 bits per heavy atom. The molecule has 5 rings (SSSR count). The Labute approximate surface area is 259 Å². The zero-order valence-corrected chi connectivity index (χ0v) is 27.4. The lowest BCUT2D eigenvalue weighted by Crippen LogP contribution is -2.24. The average molecular weight is 569 g/mol. The Balaban J connectivity index is 1.96. The zero-order chi connectivity index (χ0) is 30.7. The van der Waals surface area contributed by atoms with Crippen LogP contribution in [0.5, 0.6) is 0 Å². The van der Waals surface area contributed by atoms with Crippen LogP contribution in [0.2, 0.25) is 0 Å². The molecular weight excluding hydrogens is 520 g/mol. The van der Waals surface area contributed by atoms with Crippen molar-refractivity contribution in [3.05, 3.63) is 119 Å². The first-order valence-electron chi connectivity index (χ1n) is 16.1. The van der Waals surface area contributed by atoms with E-state index in [1.54, 1.807) is 0 Å². The molecule has 0 saturated heterocycles. The van der Waals surface area contributed by atoms with Crippen molar-refractivity contribution in [1.29, 1.82) is 0 Å². The number of hydrogen-bond donors (Lipinski definition) is 0. The molecular formula is C41H48N2. The molecule has 0 amide bonds. The minimum atomic E-state index is -0.101. The van der Waals surface area contributed by atoms with Gasteiger partial charge in [0.15, 0.2) is 0 Å². The standard InChI is InChI=1S/C41H48N2/c1-9-10-24-41(7,8)39-37(33-23-17-18-30(6)25-33)42-40(32-21-15-12-16-22-32)43(39)38-35(28(2)3)26-34(27-36(38)29(4)5)31-19-13-11-14-20-31/h11-23,25-29H,9-10,24H2,1-8H3. The maximum absolute atomic E-state index is 5.59. The van der Waals surface area contributed by atoms with E-state index in [4.69, 9.17) is 4.98 Å². The van der Waals surface area contributed by atoms with Crippen LogP contribution in [0.3, 0.4) is 0 Å². The lowest BCUT2D eigenvalue weighted by Gasteiger charge is -2.31. The minimum Gasteiger partial charge on any atom is -0.295 e. The molecule has 1 aromatic heterocycles. The summed E-state index contributed by atoms with van der Waals surface area (Å²) in [5.41, 5.74) is 12.5. The number of rotatable bonds is 10. The first-order valence-corrected chi connectivity index (χ1v) is 16.1. The number of imidazole rings is 1. The lowest BCUT2D eigenvalue weighted by atomic mass is 9.80. The van der Waals surface area contributed by atoms with Crippen LogP contribution in [-0.4, -0.2) is 9.55 Å². The number of hydrogen-bond acceptors (Lipinski definition) is 1. The number of aromatic nitrogens is 2. The van der Waals surface area contributed by atoms with Gasteiger partial charge in [0.05, 0.1) is 17.1 Å². The van der Waals surface area contributed by atoms with Gasteiger partial charge in [0, 0.05) is 16.5 Å². The van der Waals surface area contributed by atoms with Gasteiger partial charge in [-0.3, -0.25) is 4.57 Å². The molecule has 1 heterocycles. The predicted octanol–water partition coefficient (Wildman–Crippen LogP) is 11.9. The molecule has 0 N–H and O–H groups in total. The van der Waals surface area contributed by atoms with Crippen molar-refractivity contribution in [1.82, 2.24) is 9.55 Å². The Kier molecular flexibility index (Phi) is 9.06. The maximum Gasteiger partial charge on any atom is 0.145 e. The summed E-state index contributed by atoms with van der Waals surface area (Å²) in [5, 5.41) is 0. The van der Waals surface area contributed by atoms with Crippen LogP contribution in [0.25, 0.3) is 39.5 Å². The van der Waals surface area contributed by atoms with Gasteiger partial charge in [-0.1, -0.05) is 146 Å². The van der Waals surface area contributed by atoms with E-state index >= 15 is 0 Å². The summed E-state index contributed by atoms with van der Waals surface area (Å²) in [6.07, 6.45) is 3.44. The molecule has 0 aliphatic rings. The van der Waals surface area contributed by atoms with Gasteiger partial charge in [0.25, 0.3) is 0 Å². The number of benzene rings is 4. The normalized spacial score (nSPS) is 12.0. The van der Waals surface area contributed by atoms with Crippen molar-refractivity contribution >= 4 is 0 Å². The fourth-order valence-electron chi connectivity index (χ4n) is 6.39. The lowest BCUT2D eigenvalue weighted by molar-refractivity contribution is 0.440. The summed E-state index contributed by atoms with van der Waals surface area (Å²) in [7, 11) is 0. The molecule has 4 aromatic carbocycles. The van der Waals surface area contributed by atoms with Crippen molar-refractivity contribution in [3.63, 3.8) is 0 Å². The molecule has 5 aromatic rings. The molecule has 0 spiro atoms. The SMILES string of the molecule is CCCCC(C)(C)c1c(-c2cccc(C)c2)nc(-c2ccccc2)n1-c1c(C(C)C)cc(-c2ccccc2)cc1C(C)C. The smallest absolute Gasteiger partial charge is 0.145 e. The third-order valence-corrected chi connectivity index (χ3v) is 8.74. The first-order chi connectivity index (χ1) is 20.6. The van der Waals surface area contributed by atoms with Crippen LogP contribution in [0.15, 0.2) is 97.1 Å². The Morgan fingerprint density at radius 2 is 1.23 bits per heavy atom. The maximum atomic E-state index is 5.59. The van der Waals surface area contributed by atoms with E-state index in [1.807, 2.05) is 0 Å². The van der Waals surface area contributed by atoms with Gasteiger partial charge in [0.2, 0.25) is 0 Å². The van der Waals surface area contributed by atoms with E-state index in [-0.39, 0.29) is 5.41 Å². The molecule has 222 valence electrons. The van der Waals surface area contributed by atoms with Crippen molar-refractivity contribution in [3.8, 4) is 39.5 Å². The molecule has 0 bridgehead atoms. The molecule has 0 radical (unpaired) electrons. The summed E-state index contributed by atoms with van der Waals surface area (Å²) >= 11 is 0. The second-order valence-corrected chi connectivity index (χ2v) is 13.4. The number of unbranched alkanes of at least 4 members (excludes halogenated alkanes) is 1. The summed E-state index contributed by atoms with van der Waals surface area (Å²) in [5.74, 6) is 1.68. The van der Waals surface area contributed by atoms with Crippen LogP contribution in [-0.2, 0) is 5.41 Å². The molecule has 0 saturated carbocycles. The van der Waals surface area contributed by atoms with Crippen LogP contribution >= 0.6 is 0 Å². The Bertz CT molecular complexity index is 1640. The van der Waals surface area contributed by atoms with Gasteiger partial charge in [-0.2, -0.15) is 0 Å². The summed E-state index contributed by atoms with van der Waals surface area (Å²) < 4.78 is 2.57. The van der Waals surface area contributed by atoms with Crippen LogP contribution in [0.4, 0.5) is 0 Å². The summed E-state index contributed by atoms with van der Waals surface area (Å²) in [6.45, 7) is 18.6. The molecule has 0 fully saturated rings. The van der Waals surface area contributed by atoms with E-state index in [9.17, 15) is 0 Å². The number of nitrogens with zero attached hydrogens (tertiary/aromatic N) is 2. The van der Waals surface area contributed by atoms with Crippen molar-refractivity contribution in [2.75, 3.05) is 0 Å². The van der Waals surface area contributed by atoms with Crippen LogP contribution < -0.4 is 0 Å². The summed E-state index contributed by atoms with van der Waals surface area (Å²) in [4.78, 5) is 5.59. The van der Waals surface area contributed by atoms with Crippen LogP contribution in [0, 0.1) is 6.92 Å². The fraction of sp³-hybridized carbons (Fsp3) is 0.341. The molecule has 2 heteroatoms. The monoisotopic (exact) mass is 568 g/mol. The molecule has 43 heavy (non-hydrogen) atoms. The van der Waals surface area contributed by atoms with Crippen molar-refractivity contribution in [2.24, 2.45) is 0 Å². The van der Waals surface area contributed by atoms with Gasteiger partial charge in [-0.25, -0.2) is 4.98 Å². The quantitative estimate of drug-likeness (QED) is 0.164. The zero-order valence-electron chi connectivity index (χ0n) is 27.4. The van der Waals surface area contributed by atoms with E-state index in [0.29, 0.717) is 11.8 Å². The molecule has 0 aliphatic carbocycles. The topological polar surface area (TPSA) is 17.8 Å². The largest absolute Gasteiger partial charge is 0.295 e. The van der Waals surface area contributed by atoms with E-state index < -0.39 is 0 Å². The highest BCUT2D eigenvalue weighted by molar-refractivity contribution is 5.76. The molecule has 2 nitrogen and oxygen atoms in total. The van der Waals surface area contributed by atoms with E-state index in [2.05, 4.69) is 157 Å². The Hall–Kier alpha value is -3.91. The van der Waals surface area contributed by atoms with Gasteiger partial charge in [-0.05, 0) is 65.6 Å². The average Bonchev–Trinajstić information content (AvgIpc) is 3.42. The highest BCUT2D eigenvalue weighted by atomic mass is 15.1. The summed E-state index contributed by atoms with van der Waals surface area (Å²) in [6, 6.07) is 35.4. The highest BCUT2D eigenvalue weighted by Crippen LogP contribution is 2.45. The minimum absolute atomic E-state index is 0.101. The van der Waals surface area contributed by atoms with Gasteiger partial charge < -0.3 is 0 Å². The van der Waals surface area contributed by atoms with Gasteiger partial charge in [0.1, 0.15) is 5.82 Å². The fourth-order valence-corrected chi connectivity index (χ4v) is 6.39. The predicted molar refractivity (Wildman–Crippen MR) is 185 cm³/mol. The first kappa shape index (κ1) is 30.5. The van der Waals surface area contributed by atoms with Crippen LogP contribution in [0.1, 0.15) is 102 Å². The van der Waals surface area contributed by atoms with Gasteiger partial charge in [-0.15, -0.1) is 0 Å². The molecule has 0 atom stereocenters. The van der Waals surface area contributed by atoms with E-state index in [1.165, 1.54) is 57.6 Å². The van der Waals surface area contributed by atoms with Crippen molar-refractivity contribution < 1.29 is 0 Å². The number of aryl methyl sites for hydroxylation is 1. The third-order valence-electron chi connectivity index (χ3n) is 8.74. The van der Waals surface area contributed by atoms with Crippen molar-refractivity contribution in [2.45, 2.75) is 91.9 Å². The highest BCUT2D eigenvalue weighted by Gasteiger charge is 2.34. The van der Waals surface area contributed by atoms with Gasteiger partial charge >= 0.3 is 0 Å². The second kappa shape index (κ2) is 12.8. The molecule has 0 unspecified atom stereocenters. The molecule has 0 aliphatic heterocycles. The second-order valence-electron chi connectivity index (χ2n) is 13.4. The van der Waals surface area contributed by atoms with E-state index in [0.717, 1.165) is 23.5 Å².